The summed E-state index contributed by atoms with van der Waals surface area (Å²) in [6.07, 6.45) is 4.32. The summed E-state index contributed by atoms with van der Waals surface area (Å²) in [4.78, 5) is 10.2. The molecule has 0 aromatic heterocycles. The number of rotatable bonds is 4. The highest BCUT2D eigenvalue weighted by Gasteiger charge is 2.29. The number of nitrogens with zero attached hydrogens (tertiary/aromatic N) is 1. The van der Waals surface area contributed by atoms with Gasteiger partial charge >= 0.3 is 0 Å². The summed E-state index contributed by atoms with van der Waals surface area (Å²) in [6, 6.07) is 2.91. The van der Waals surface area contributed by atoms with Crippen LogP contribution in [0.4, 0.5) is 5.69 Å². The van der Waals surface area contributed by atoms with E-state index in [0.29, 0.717) is 0 Å². The molecule has 7 heteroatoms. The molecule has 118 valence electrons. The third kappa shape index (κ3) is 4.06. The van der Waals surface area contributed by atoms with Crippen molar-refractivity contribution in [2.75, 3.05) is 0 Å². The van der Waals surface area contributed by atoms with Gasteiger partial charge in [-0.25, -0.2) is 0 Å². The second-order valence-corrected chi connectivity index (χ2v) is 5.41. The number of hydrogen-bond donors (Lipinski definition) is 3. The lowest BCUT2D eigenvalue weighted by Crippen LogP contribution is -2.34. The highest BCUT2D eigenvalue weighted by Crippen LogP contribution is 2.35. The van der Waals surface area contributed by atoms with Crippen LogP contribution < -0.4 is 5.73 Å². The number of aromatic hydroxyl groups is 1. The number of phenols is 1. The van der Waals surface area contributed by atoms with Gasteiger partial charge in [0, 0.05) is 17.7 Å². The van der Waals surface area contributed by atoms with Gasteiger partial charge in [0.25, 0.3) is 5.69 Å². The summed E-state index contributed by atoms with van der Waals surface area (Å²) in [5.41, 5.74) is 6.11. The third-order valence-electron chi connectivity index (χ3n) is 4.08. The van der Waals surface area contributed by atoms with Gasteiger partial charge in [-0.05, 0) is 24.8 Å². The second-order valence-electron chi connectivity index (χ2n) is 5.41. The average molecular weight is 317 g/mol. The predicted octanol–water partition coefficient (Wildman–Crippen LogP) is 2.66. The summed E-state index contributed by atoms with van der Waals surface area (Å²) in [7, 11) is 0. The van der Waals surface area contributed by atoms with Crippen LogP contribution in [0.2, 0.25) is 0 Å². The molecule has 2 atom stereocenters. The fourth-order valence-corrected chi connectivity index (χ4v) is 2.88. The fourth-order valence-electron chi connectivity index (χ4n) is 2.88. The first kappa shape index (κ1) is 17.7. The molecule has 6 nitrogen and oxygen atoms in total. The Kier molecular flexibility index (Phi) is 6.39. The monoisotopic (exact) mass is 316 g/mol. The van der Waals surface area contributed by atoms with Crippen molar-refractivity contribution >= 4 is 18.1 Å². The highest BCUT2D eigenvalue weighted by atomic mass is 35.5. The van der Waals surface area contributed by atoms with Crippen molar-refractivity contribution in [3.05, 3.63) is 33.9 Å². The number of hydrogen-bond acceptors (Lipinski definition) is 5. The second kappa shape index (κ2) is 7.59. The van der Waals surface area contributed by atoms with E-state index in [2.05, 4.69) is 0 Å². The van der Waals surface area contributed by atoms with Crippen LogP contribution in [0.1, 0.15) is 43.7 Å². The zero-order chi connectivity index (χ0) is 14.7. The van der Waals surface area contributed by atoms with Crippen molar-refractivity contribution < 1.29 is 15.1 Å². The number of phenolic OH excluding ortho intramolecular Hbond substituents is 1. The van der Waals surface area contributed by atoms with Crippen molar-refractivity contribution in [1.82, 2.24) is 0 Å². The lowest BCUT2D eigenvalue weighted by molar-refractivity contribution is -0.385. The molecule has 1 aromatic carbocycles. The molecule has 2 rings (SSSR count). The Morgan fingerprint density at radius 3 is 2.48 bits per heavy atom. The number of nitro groups is 1. The van der Waals surface area contributed by atoms with E-state index < -0.39 is 17.1 Å². The van der Waals surface area contributed by atoms with Gasteiger partial charge in [0.15, 0.2) is 0 Å². The summed E-state index contributed by atoms with van der Waals surface area (Å²) in [5.74, 6) is -0.0182. The van der Waals surface area contributed by atoms with Gasteiger partial charge in [0.1, 0.15) is 5.75 Å². The summed E-state index contributed by atoms with van der Waals surface area (Å²) in [6.45, 7) is 0. The van der Waals surface area contributed by atoms with Gasteiger partial charge in [-0.2, -0.15) is 0 Å². The number of benzene rings is 1. The molecule has 0 saturated heterocycles. The van der Waals surface area contributed by atoms with Gasteiger partial charge in [-0.15, -0.1) is 12.4 Å². The first-order valence-electron chi connectivity index (χ1n) is 6.91. The van der Waals surface area contributed by atoms with E-state index in [-0.39, 0.29) is 35.3 Å². The Bertz CT molecular complexity index is 492. The summed E-state index contributed by atoms with van der Waals surface area (Å²) in [5, 5.41) is 30.9. The van der Waals surface area contributed by atoms with Crippen molar-refractivity contribution in [3.8, 4) is 5.75 Å². The summed E-state index contributed by atoms with van der Waals surface area (Å²) >= 11 is 0. The smallest absolute Gasteiger partial charge is 0.270 e. The van der Waals surface area contributed by atoms with Crippen LogP contribution in [-0.4, -0.2) is 21.2 Å². The Labute approximate surface area is 129 Å². The van der Waals surface area contributed by atoms with Gasteiger partial charge in [0.05, 0.1) is 17.1 Å². The first-order chi connectivity index (χ1) is 9.50. The zero-order valence-corrected chi connectivity index (χ0v) is 12.5. The topological polar surface area (TPSA) is 110 Å². The molecule has 0 bridgehead atoms. The van der Waals surface area contributed by atoms with Crippen molar-refractivity contribution in [2.24, 2.45) is 11.7 Å². The van der Waals surface area contributed by atoms with Crippen LogP contribution in [0.5, 0.6) is 5.75 Å². The van der Waals surface area contributed by atoms with Crippen molar-refractivity contribution in [3.63, 3.8) is 0 Å². The molecule has 21 heavy (non-hydrogen) atoms. The number of non-ortho nitro benzene ring substituents is 1. The van der Waals surface area contributed by atoms with Crippen LogP contribution in [0.15, 0.2) is 18.2 Å². The Morgan fingerprint density at radius 2 is 1.90 bits per heavy atom. The molecule has 0 amide bonds. The molecule has 1 saturated carbocycles. The van der Waals surface area contributed by atoms with Gasteiger partial charge < -0.3 is 15.9 Å². The summed E-state index contributed by atoms with van der Waals surface area (Å²) < 4.78 is 0. The van der Waals surface area contributed by atoms with E-state index in [9.17, 15) is 20.3 Å². The quantitative estimate of drug-likeness (QED) is 0.584. The SMILES string of the molecule is Cl.N[C@@H](c1cc([N+](=O)[O-])ccc1O)[C@H](O)C1CCCCC1. The average Bonchev–Trinajstić information content (AvgIpc) is 2.47. The van der Waals surface area contributed by atoms with Crippen molar-refractivity contribution in [1.29, 1.82) is 0 Å². The van der Waals surface area contributed by atoms with Crippen LogP contribution in [0.3, 0.4) is 0 Å². The Balaban J connectivity index is 0.00000220. The van der Waals surface area contributed by atoms with Gasteiger partial charge in [-0.3, -0.25) is 10.1 Å². The number of aliphatic hydroxyl groups excluding tert-OH is 1. The molecule has 0 aliphatic heterocycles. The molecule has 4 N–H and O–H groups in total. The van der Waals surface area contributed by atoms with Crippen LogP contribution in [-0.2, 0) is 0 Å². The first-order valence-corrected chi connectivity index (χ1v) is 6.91. The molecular formula is C14H21ClN2O4. The largest absolute Gasteiger partial charge is 0.508 e. The van der Waals surface area contributed by atoms with Crippen LogP contribution in [0, 0.1) is 16.0 Å². The fraction of sp³-hybridized carbons (Fsp3) is 0.571. The van der Waals surface area contributed by atoms with E-state index in [1.807, 2.05) is 0 Å². The molecule has 0 radical (unpaired) electrons. The number of nitro benzene ring substituents is 1. The molecule has 1 aliphatic rings. The van der Waals surface area contributed by atoms with E-state index in [1.165, 1.54) is 24.6 Å². The minimum absolute atomic E-state index is 0. The Hall–Kier alpha value is -1.37. The zero-order valence-electron chi connectivity index (χ0n) is 11.6. The molecule has 1 fully saturated rings. The molecule has 0 heterocycles. The van der Waals surface area contributed by atoms with E-state index >= 15 is 0 Å². The minimum atomic E-state index is -0.807. The van der Waals surface area contributed by atoms with Crippen molar-refractivity contribution in [2.45, 2.75) is 44.2 Å². The third-order valence-corrected chi connectivity index (χ3v) is 4.08. The lowest BCUT2D eigenvalue weighted by Gasteiger charge is -2.30. The predicted molar refractivity (Wildman–Crippen MR) is 81.5 cm³/mol. The maximum absolute atomic E-state index is 10.8. The van der Waals surface area contributed by atoms with E-state index in [0.717, 1.165) is 25.7 Å². The molecule has 1 aromatic rings. The maximum Gasteiger partial charge on any atom is 0.270 e. The standard InChI is InChI=1S/C14H20N2O4.ClH/c15-13(14(18)9-4-2-1-3-5-9)11-8-10(16(19)20)6-7-12(11)17;/h6-9,13-14,17-18H,1-5,15H2;1H/t13-,14+;/m0./s1. The molecule has 1 aliphatic carbocycles. The van der Waals surface area contributed by atoms with Crippen LogP contribution >= 0.6 is 12.4 Å². The highest BCUT2D eigenvalue weighted by molar-refractivity contribution is 5.85. The van der Waals surface area contributed by atoms with Gasteiger partial charge in [-0.1, -0.05) is 19.3 Å². The maximum atomic E-state index is 10.8. The number of nitrogens with two attached hydrogens (primary N) is 1. The van der Waals surface area contributed by atoms with E-state index in [4.69, 9.17) is 5.73 Å². The van der Waals surface area contributed by atoms with Crippen LogP contribution in [0.25, 0.3) is 0 Å². The molecule has 0 spiro atoms. The molecular weight excluding hydrogens is 296 g/mol. The van der Waals surface area contributed by atoms with Gasteiger partial charge in [0.2, 0.25) is 0 Å². The minimum Gasteiger partial charge on any atom is -0.508 e. The Morgan fingerprint density at radius 1 is 1.29 bits per heavy atom. The molecule has 0 unspecified atom stereocenters. The lowest BCUT2D eigenvalue weighted by atomic mass is 9.81. The number of aliphatic hydroxyl groups is 1. The normalized spacial score (nSPS) is 18.6. The van der Waals surface area contributed by atoms with E-state index in [1.54, 1.807) is 0 Å². The number of halogens is 1.